The molecule has 0 spiro atoms. The van der Waals surface area contributed by atoms with E-state index in [-0.39, 0.29) is 22.8 Å². The molecule has 2 amide bonds. The maximum Gasteiger partial charge on any atom is 0.261 e. The van der Waals surface area contributed by atoms with E-state index in [1.165, 1.54) is 24.3 Å². The SMILES string of the molecule is O=C(c1ccc(S(=O)(=O)Nc2ccc(Cl)cc2)cc1)N1CCN(C(=O)C2CCCO2)CC1. The highest BCUT2D eigenvalue weighted by molar-refractivity contribution is 7.92. The molecule has 0 radical (unpaired) electrons. The molecule has 0 aromatic heterocycles. The highest BCUT2D eigenvalue weighted by Gasteiger charge is 2.31. The van der Waals surface area contributed by atoms with Gasteiger partial charge in [-0.2, -0.15) is 0 Å². The van der Waals surface area contributed by atoms with E-state index in [2.05, 4.69) is 4.72 Å². The van der Waals surface area contributed by atoms with Gasteiger partial charge in [-0.3, -0.25) is 14.3 Å². The highest BCUT2D eigenvalue weighted by atomic mass is 35.5. The average Bonchev–Trinajstić information content (AvgIpc) is 3.35. The van der Waals surface area contributed by atoms with Crippen LogP contribution in [0.15, 0.2) is 53.4 Å². The van der Waals surface area contributed by atoms with Gasteiger partial charge in [0.15, 0.2) is 0 Å². The number of nitrogens with zero attached hydrogens (tertiary/aromatic N) is 2. The molecule has 170 valence electrons. The van der Waals surface area contributed by atoms with Crippen LogP contribution in [0.1, 0.15) is 23.2 Å². The summed E-state index contributed by atoms with van der Waals surface area (Å²) in [5.74, 6) is -0.193. The normalized spacial score (nSPS) is 19.1. The van der Waals surface area contributed by atoms with Crippen LogP contribution in [0.5, 0.6) is 0 Å². The van der Waals surface area contributed by atoms with Crippen LogP contribution in [-0.4, -0.2) is 68.9 Å². The van der Waals surface area contributed by atoms with Crippen LogP contribution < -0.4 is 4.72 Å². The van der Waals surface area contributed by atoms with Gasteiger partial charge in [0.2, 0.25) is 0 Å². The van der Waals surface area contributed by atoms with E-state index >= 15 is 0 Å². The number of anilines is 1. The summed E-state index contributed by atoms with van der Waals surface area (Å²) in [4.78, 5) is 28.8. The summed E-state index contributed by atoms with van der Waals surface area (Å²) >= 11 is 5.83. The summed E-state index contributed by atoms with van der Waals surface area (Å²) in [7, 11) is -3.79. The first kappa shape index (κ1) is 22.6. The summed E-state index contributed by atoms with van der Waals surface area (Å²) in [5.41, 5.74) is 0.791. The van der Waals surface area contributed by atoms with Crippen molar-refractivity contribution in [1.29, 1.82) is 0 Å². The molecule has 1 N–H and O–H groups in total. The molecule has 0 aliphatic carbocycles. The zero-order chi connectivity index (χ0) is 22.7. The second-order valence-corrected chi connectivity index (χ2v) is 9.87. The molecule has 2 saturated heterocycles. The highest BCUT2D eigenvalue weighted by Crippen LogP contribution is 2.20. The number of sulfonamides is 1. The molecule has 2 aliphatic heterocycles. The van der Waals surface area contributed by atoms with Gasteiger partial charge in [-0.05, 0) is 61.4 Å². The maximum atomic E-state index is 12.8. The van der Waals surface area contributed by atoms with Gasteiger partial charge >= 0.3 is 0 Å². The van der Waals surface area contributed by atoms with Crippen LogP contribution in [0.25, 0.3) is 0 Å². The van der Waals surface area contributed by atoms with Crippen molar-refractivity contribution in [2.75, 3.05) is 37.5 Å². The van der Waals surface area contributed by atoms with Crippen molar-refractivity contribution in [2.45, 2.75) is 23.8 Å². The third kappa shape index (κ3) is 5.06. The monoisotopic (exact) mass is 477 g/mol. The molecule has 1 unspecified atom stereocenters. The second-order valence-electron chi connectivity index (χ2n) is 7.76. The summed E-state index contributed by atoms with van der Waals surface area (Å²) in [6.45, 7) is 2.39. The standard InChI is InChI=1S/C22H24ClN3O5S/c23-17-5-7-18(8-6-17)24-32(29,30)19-9-3-16(4-10-19)21(27)25-11-13-26(14-12-25)22(28)20-2-1-15-31-20/h3-10,20,24H,1-2,11-15H2. The van der Waals surface area contributed by atoms with Crippen LogP contribution in [-0.2, 0) is 19.6 Å². The van der Waals surface area contributed by atoms with Crippen molar-refractivity contribution >= 4 is 39.1 Å². The molecular weight excluding hydrogens is 454 g/mol. The Morgan fingerprint density at radius 2 is 1.56 bits per heavy atom. The predicted octanol–water partition coefficient (Wildman–Crippen LogP) is 2.60. The number of halogens is 1. The predicted molar refractivity (Wildman–Crippen MR) is 120 cm³/mol. The molecule has 2 aromatic carbocycles. The number of hydrogen-bond acceptors (Lipinski definition) is 5. The summed E-state index contributed by atoms with van der Waals surface area (Å²) in [6, 6.07) is 12.1. The van der Waals surface area contributed by atoms with Crippen molar-refractivity contribution in [3.05, 3.63) is 59.1 Å². The third-order valence-corrected chi connectivity index (χ3v) is 7.24. The van der Waals surface area contributed by atoms with Gasteiger partial charge in [-0.25, -0.2) is 8.42 Å². The van der Waals surface area contributed by atoms with Crippen molar-refractivity contribution in [1.82, 2.24) is 9.80 Å². The lowest BCUT2D eigenvalue weighted by atomic mass is 10.1. The van der Waals surface area contributed by atoms with E-state index in [1.54, 1.807) is 34.1 Å². The molecule has 2 fully saturated rings. The Morgan fingerprint density at radius 3 is 2.16 bits per heavy atom. The fraction of sp³-hybridized carbons (Fsp3) is 0.364. The number of carbonyl (C=O) groups excluding carboxylic acids is 2. The molecule has 0 bridgehead atoms. The number of amides is 2. The number of benzene rings is 2. The first-order chi connectivity index (χ1) is 15.3. The minimum Gasteiger partial charge on any atom is -0.368 e. The average molecular weight is 478 g/mol. The molecular formula is C22H24ClN3O5S. The number of nitrogens with one attached hydrogen (secondary N) is 1. The van der Waals surface area contributed by atoms with E-state index < -0.39 is 10.0 Å². The largest absolute Gasteiger partial charge is 0.368 e. The van der Waals surface area contributed by atoms with Gasteiger partial charge in [0.05, 0.1) is 4.90 Å². The van der Waals surface area contributed by atoms with Gasteiger partial charge in [-0.1, -0.05) is 11.6 Å². The fourth-order valence-electron chi connectivity index (χ4n) is 3.80. The smallest absolute Gasteiger partial charge is 0.261 e. The first-order valence-corrected chi connectivity index (χ1v) is 12.3. The van der Waals surface area contributed by atoms with Crippen LogP contribution in [0.4, 0.5) is 5.69 Å². The van der Waals surface area contributed by atoms with Gasteiger partial charge in [-0.15, -0.1) is 0 Å². The van der Waals surface area contributed by atoms with Gasteiger partial charge in [0.1, 0.15) is 6.10 Å². The molecule has 4 rings (SSSR count). The Bertz CT molecular complexity index is 1080. The molecule has 2 aliphatic rings. The topological polar surface area (TPSA) is 96.0 Å². The zero-order valence-electron chi connectivity index (χ0n) is 17.4. The number of rotatable bonds is 5. The molecule has 32 heavy (non-hydrogen) atoms. The lowest BCUT2D eigenvalue weighted by Gasteiger charge is -2.35. The molecule has 2 heterocycles. The number of hydrogen-bond donors (Lipinski definition) is 1. The van der Waals surface area contributed by atoms with Crippen LogP contribution in [0, 0.1) is 0 Å². The maximum absolute atomic E-state index is 12.8. The van der Waals surface area contributed by atoms with Crippen LogP contribution >= 0.6 is 11.6 Å². The van der Waals surface area contributed by atoms with E-state index in [1.807, 2.05) is 0 Å². The fourth-order valence-corrected chi connectivity index (χ4v) is 4.98. The van der Waals surface area contributed by atoms with E-state index in [9.17, 15) is 18.0 Å². The Morgan fingerprint density at radius 1 is 0.938 bits per heavy atom. The molecule has 8 nitrogen and oxygen atoms in total. The number of ether oxygens (including phenoxy) is 1. The Labute approximate surface area is 192 Å². The van der Waals surface area contributed by atoms with Crippen molar-refractivity contribution in [3.63, 3.8) is 0 Å². The second kappa shape index (κ2) is 9.48. The summed E-state index contributed by atoms with van der Waals surface area (Å²) < 4.78 is 33.1. The van der Waals surface area contributed by atoms with E-state index in [0.717, 1.165) is 12.8 Å². The molecule has 10 heteroatoms. The molecule has 1 atom stereocenters. The van der Waals surface area contributed by atoms with Gasteiger partial charge < -0.3 is 14.5 Å². The third-order valence-electron chi connectivity index (χ3n) is 5.59. The van der Waals surface area contributed by atoms with Crippen molar-refractivity contribution in [2.24, 2.45) is 0 Å². The van der Waals surface area contributed by atoms with Gasteiger partial charge in [0.25, 0.3) is 21.8 Å². The van der Waals surface area contributed by atoms with Crippen molar-refractivity contribution < 1.29 is 22.7 Å². The van der Waals surface area contributed by atoms with E-state index in [0.29, 0.717) is 49.1 Å². The minimum atomic E-state index is -3.79. The molecule has 2 aromatic rings. The Balaban J connectivity index is 1.36. The summed E-state index contributed by atoms with van der Waals surface area (Å²) in [5, 5.41) is 0.507. The van der Waals surface area contributed by atoms with Gasteiger partial charge in [0, 0.05) is 49.1 Å². The lowest BCUT2D eigenvalue weighted by molar-refractivity contribution is -0.142. The zero-order valence-corrected chi connectivity index (χ0v) is 18.9. The number of piperazine rings is 1. The lowest BCUT2D eigenvalue weighted by Crippen LogP contribution is -2.52. The molecule has 0 saturated carbocycles. The Kier molecular flexibility index (Phi) is 6.68. The van der Waals surface area contributed by atoms with Crippen LogP contribution in [0.2, 0.25) is 5.02 Å². The first-order valence-electron chi connectivity index (χ1n) is 10.4. The summed E-state index contributed by atoms with van der Waals surface area (Å²) in [6.07, 6.45) is 1.30. The Hall–Kier alpha value is -2.62. The quantitative estimate of drug-likeness (QED) is 0.714. The number of carbonyl (C=O) groups is 2. The van der Waals surface area contributed by atoms with E-state index in [4.69, 9.17) is 16.3 Å². The minimum absolute atomic E-state index is 0.00246. The van der Waals surface area contributed by atoms with Crippen molar-refractivity contribution in [3.8, 4) is 0 Å². The van der Waals surface area contributed by atoms with Crippen LogP contribution in [0.3, 0.4) is 0 Å².